The molecule has 0 unspecified atom stereocenters. The van der Waals surface area contributed by atoms with E-state index in [2.05, 4.69) is 26.1 Å². The number of amides is 1. The lowest BCUT2D eigenvalue weighted by molar-refractivity contribution is -0.122. The van der Waals surface area contributed by atoms with E-state index in [0.717, 1.165) is 29.3 Å². The van der Waals surface area contributed by atoms with Crippen LogP contribution in [-0.4, -0.2) is 61.4 Å². The monoisotopic (exact) mass is 656 g/mol. The predicted molar refractivity (Wildman–Crippen MR) is 152 cm³/mol. The van der Waals surface area contributed by atoms with Gasteiger partial charge in [-0.15, -0.1) is 0 Å². The molecule has 1 amide bonds. The third-order valence-electron chi connectivity index (χ3n) is 5.96. The Bertz CT molecular complexity index is 1490. The molecule has 13 heteroatoms. The predicted octanol–water partition coefficient (Wildman–Crippen LogP) is 4.74. The second-order valence-corrected chi connectivity index (χ2v) is 12.3. The number of aliphatic hydroxyl groups is 1. The molecule has 40 heavy (non-hydrogen) atoms. The first kappa shape index (κ1) is 31.5. The van der Waals surface area contributed by atoms with Crippen LogP contribution < -0.4 is 10.1 Å². The third kappa shape index (κ3) is 8.73. The molecular weight excluding hydrogens is 631 g/mol. The first-order chi connectivity index (χ1) is 18.9. The maximum atomic E-state index is 14.6. The van der Waals surface area contributed by atoms with E-state index in [9.17, 15) is 22.7 Å². The SMILES string of the molecule is CS(=O)(=O)c1ccc(C(=O)Nc2ccc(F)c(COc3ccc(Br)cc3CN3CC[C@H](O)C3)c2)c(Cl)c1.O=CO. The van der Waals surface area contributed by atoms with Gasteiger partial charge in [-0.3, -0.25) is 14.5 Å². The number of sulfone groups is 1. The molecule has 4 rings (SSSR count). The van der Waals surface area contributed by atoms with Gasteiger partial charge in [-0.25, -0.2) is 12.8 Å². The fraction of sp³-hybridized carbons (Fsp3) is 0.259. The number of anilines is 1. The van der Waals surface area contributed by atoms with Crippen molar-refractivity contribution >= 4 is 55.4 Å². The number of hydrogen-bond donors (Lipinski definition) is 3. The van der Waals surface area contributed by atoms with Crippen molar-refractivity contribution in [2.75, 3.05) is 24.7 Å². The fourth-order valence-corrected chi connectivity index (χ4v) is 5.42. The van der Waals surface area contributed by atoms with E-state index in [1.165, 1.54) is 36.4 Å². The molecule has 0 radical (unpaired) electrons. The van der Waals surface area contributed by atoms with Crippen molar-refractivity contribution < 1.29 is 37.3 Å². The Morgan fingerprint density at radius 3 is 2.55 bits per heavy atom. The van der Waals surface area contributed by atoms with Crippen LogP contribution in [0.1, 0.15) is 27.9 Å². The van der Waals surface area contributed by atoms with Gasteiger partial charge < -0.3 is 20.3 Å². The molecule has 0 bridgehead atoms. The van der Waals surface area contributed by atoms with Crippen molar-refractivity contribution in [3.05, 3.63) is 86.6 Å². The van der Waals surface area contributed by atoms with Crippen LogP contribution in [0, 0.1) is 5.82 Å². The molecule has 9 nitrogen and oxygen atoms in total. The van der Waals surface area contributed by atoms with Crippen LogP contribution in [0.3, 0.4) is 0 Å². The Kier molecular flexibility index (Phi) is 11.1. The van der Waals surface area contributed by atoms with Crippen molar-refractivity contribution in [2.45, 2.75) is 30.6 Å². The first-order valence-corrected chi connectivity index (χ1v) is 15.0. The van der Waals surface area contributed by atoms with Crippen LogP contribution in [0.25, 0.3) is 0 Å². The Hall–Kier alpha value is -3.03. The summed E-state index contributed by atoms with van der Waals surface area (Å²) in [6.07, 6.45) is 1.44. The fourth-order valence-electron chi connectivity index (χ4n) is 4.04. The molecule has 1 aliphatic rings. The van der Waals surface area contributed by atoms with Crippen molar-refractivity contribution in [1.82, 2.24) is 4.90 Å². The molecule has 1 saturated heterocycles. The number of ether oxygens (including phenoxy) is 1. The number of carboxylic acid groups (broad SMARTS) is 1. The minimum Gasteiger partial charge on any atom is -0.488 e. The minimum absolute atomic E-state index is 0.00323. The summed E-state index contributed by atoms with van der Waals surface area (Å²) in [6.45, 7) is 1.63. The second-order valence-electron chi connectivity index (χ2n) is 9.00. The van der Waals surface area contributed by atoms with Crippen LogP contribution in [-0.2, 0) is 27.8 Å². The highest BCUT2D eigenvalue weighted by Crippen LogP contribution is 2.28. The number of β-amino-alcohol motifs (C(OH)–C–C–N with tert-alkyl or cyclic N) is 1. The zero-order valence-corrected chi connectivity index (χ0v) is 24.5. The summed E-state index contributed by atoms with van der Waals surface area (Å²) in [4.78, 5) is 23.2. The lowest BCUT2D eigenvalue weighted by Crippen LogP contribution is -2.21. The summed E-state index contributed by atoms with van der Waals surface area (Å²) in [5.74, 6) is -0.461. The molecule has 1 aliphatic heterocycles. The highest BCUT2D eigenvalue weighted by atomic mass is 79.9. The molecular formula is C27H27BrClFN2O7S. The van der Waals surface area contributed by atoms with Gasteiger partial charge in [0.05, 0.1) is 21.6 Å². The van der Waals surface area contributed by atoms with Gasteiger partial charge in [0, 0.05) is 47.2 Å². The van der Waals surface area contributed by atoms with Crippen LogP contribution in [0.4, 0.5) is 10.1 Å². The molecule has 3 aromatic rings. The van der Waals surface area contributed by atoms with Crippen molar-refractivity contribution in [3.8, 4) is 5.75 Å². The van der Waals surface area contributed by atoms with E-state index in [1.807, 2.05) is 12.1 Å². The van der Waals surface area contributed by atoms with Crippen molar-refractivity contribution in [2.24, 2.45) is 0 Å². The summed E-state index contributed by atoms with van der Waals surface area (Å²) in [7, 11) is -3.47. The topological polar surface area (TPSA) is 133 Å². The lowest BCUT2D eigenvalue weighted by Gasteiger charge is -2.18. The summed E-state index contributed by atoms with van der Waals surface area (Å²) < 4.78 is 44.8. The maximum Gasteiger partial charge on any atom is 0.290 e. The Morgan fingerprint density at radius 2 is 1.93 bits per heavy atom. The van der Waals surface area contributed by atoms with E-state index >= 15 is 0 Å². The summed E-state index contributed by atoms with van der Waals surface area (Å²) >= 11 is 9.61. The number of nitrogens with zero attached hydrogens (tertiary/aromatic N) is 1. The summed E-state index contributed by atoms with van der Waals surface area (Å²) in [6, 6.07) is 13.5. The number of likely N-dealkylation sites (tertiary alicyclic amines) is 1. The standard InChI is InChI=1S/C26H25BrClFN2O5S.CH2O2/c1-37(34,35)21-4-5-22(23(28)12-21)26(33)30-19-3-6-24(29)17(11-19)15-36-25-7-2-18(27)10-16(25)13-31-9-8-20(32)14-31;2-1-3/h2-7,10-12,20,32H,8-9,13-15H2,1H3,(H,30,33);1H,(H,2,3)/t20-;/m0./s1. The highest BCUT2D eigenvalue weighted by Gasteiger charge is 2.22. The molecule has 0 aromatic heterocycles. The number of aliphatic hydroxyl groups excluding tert-OH is 1. The lowest BCUT2D eigenvalue weighted by atomic mass is 10.1. The van der Waals surface area contributed by atoms with E-state index in [-0.39, 0.29) is 40.2 Å². The number of rotatable bonds is 8. The number of halogens is 3. The van der Waals surface area contributed by atoms with Gasteiger partial charge in [0.2, 0.25) is 0 Å². The van der Waals surface area contributed by atoms with E-state index < -0.39 is 21.6 Å². The number of nitrogens with one attached hydrogen (secondary N) is 1. The highest BCUT2D eigenvalue weighted by molar-refractivity contribution is 9.10. The molecule has 3 N–H and O–H groups in total. The molecule has 214 valence electrons. The smallest absolute Gasteiger partial charge is 0.290 e. The zero-order valence-electron chi connectivity index (χ0n) is 21.3. The van der Waals surface area contributed by atoms with Crippen molar-refractivity contribution in [3.63, 3.8) is 0 Å². The third-order valence-corrected chi connectivity index (χ3v) is 7.88. The Labute approximate surface area is 244 Å². The molecule has 0 aliphatic carbocycles. The first-order valence-electron chi connectivity index (χ1n) is 11.9. The largest absolute Gasteiger partial charge is 0.488 e. The van der Waals surface area contributed by atoms with Gasteiger partial charge in [-0.1, -0.05) is 27.5 Å². The number of carbonyl (C=O) groups is 2. The maximum absolute atomic E-state index is 14.6. The quantitative estimate of drug-likeness (QED) is 0.296. The van der Waals surface area contributed by atoms with E-state index in [4.69, 9.17) is 26.2 Å². The minimum atomic E-state index is -3.47. The number of benzene rings is 3. The zero-order chi connectivity index (χ0) is 29.4. The van der Waals surface area contributed by atoms with Crippen LogP contribution in [0.15, 0.2) is 64.0 Å². The van der Waals surface area contributed by atoms with Crippen LogP contribution in [0.2, 0.25) is 5.02 Å². The Balaban J connectivity index is 0.00000141. The molecule has 1 fully saturated rings. The second kappa shape index (κ2) is 14.0. The summed E-state index contributed by atoms with van der Waals surface area (Å²) in [5.41, 5.74) is 1.56. The van der Waals surface area contributed by atoms with Gasteiger partial charge in [0.25, 0.3) is 12.4 Å². The normalized spacial score (nSPS) is 15.2. The van der Waals surface area contributed by atoms with Gasteiger partial charge in [-0.05, 0) is 61.0 Å². The van der Waals surface area contributed by atoms with E-state index in [1.54, 1.807) is 6.07 Å². The molecule has 3 aromatic carbocycles. The van der Waals surface area contributed by atoms with Gasteiger partial charge in [0.15, 0.2) is 9.84 Å². The van der Waals surface area contributed by atoms with E-state index in [0.29, 0.717) is 24.5 Å². The average Bonchev–Trinajstić information content (AvgIpc) is 3.29. The number of carbonyl (C=O) groups excluding carboxylic acids is 1. The average molecular weight is 658 g/mol. The van der Waals surface area contributed by atoms with Crippen molar-refractivity contribution in [1.29, 1.82) is 0 Å². The van der Waals surface area contributed by atoms with Crippen LogP contribution in [0.5, 0.6) is 5.75 Å². The Morgan fingerprint density at radius 1 is 1.20 bits per heavy atom. The van der Waals surface area contributed by atoms with Crippen LogP contribution >= 0.6 is 27.5 Å². The molecule has 0 spiro atoms. The molecule has 1 heterocycles. The van der Waals surface area contributed by atoms with Gasteiger partial charge in [0.1, 0.15) is 18.2 Å². The summed E-state index contributed by atoms with van der Waals surface area (Å²) in [5, 5.41) is 19.4. The molecule has 0 saturated carbocycles. The molecule has 1 atom stereocenters. The van der Waals surface area contributed by atoms with Gasteiger partial charge in [-0.2, -0.15) is 0 Å². The number of hydrogen-bond acceptors (Lipinski definition) is 7. The van der Waals surface area contributed by atoms with Gasteiger partial charge >= 0.3 is 0 Å².